The molecule has 54 heavy (non-hydrogen) atoms. The zero-order valence-electron chi connectivity index (χ0n) is 29.6. The number of nitrogens with one attached hydrogen (secondary N) is 2. The zero-order chi connectivity index (χ0) is 40.9. The molecule has 0 aromatic heterocycles. The Bertz CT molecular complexity index is 929. The van der Waals surface area contributed by atoms with Crippen LogP contribution in [0.4, 0.5) is 39.5 Å². The molecular formula is C30H50F9N3O12. The molecule has 0 fully saturated rings. The van der Waals surface area contributed by atoms with Crippen molar-refractivity contribution in [2.75, 3.05) is 132 Å². The van der Waals surface area contributed by atoms with Crippen molar-refractivity contribution < 1.29 is 97.3 Å². The van der Waals surface area contributed by atoms with Crippen LogP contribution in [0.15, 0.2) is 0 Å². The summed E-state index contributed by atoms with van der Waals surface area (Å²) in [6.07, 6.45) is -24.0. The van der Waals surface area contributed by atoms with Gasteiger partial charge in [-0.2, -0.15) is 39.5 Å². The predicted octanol–water partition coefficient (Wildman–Crippen LogP) is 0.992. The van der Waals surface area contributed by atoms with Gasteiger partial charge in [-0.1, -0.05) is 0 Å². The SMILES string of the molecule is O=C(CN(CC(=O)NCCOCCOCCOCCO)C(=O)COCC(CC(F)(F)F)(CC(F)(F)F)CC(F)(F)F)NCCOCCOCCOCCO. The zero-order valence-corrected chi connectivity index (χ0v) is 29.6. The van der Waals surface area contributed by atoms with Gasteiger partial charge in [-0.25, -0.2) is 0 Å². The molecule has 15 nitrogen and oxygen atoms in total. The van der Waals surface area contributed by atoms with Crippen molar-refractivity contribution in [1.29, 1.82) is 0 Å². The molecule has 0 saturated carbocycles. The first kappa shape index (κ1) is 51.4. The number of rotatable bonds is 33. The van der Waals surface area contributed by atoms with Crippen molar-refractivity contribution in [1.82, 2.24) is 15.5 Å². The number of alkyl halides is 9. The molecule has 0 heterocycles. The molecule has 0 aromatic carbocycles. The van der Waals surface area contributed by atoms with E-state index in [4.69, 9.17) is 43.4 Å². The standard InChI is InChI=1S/C30H50F9N3O12/c31-28(32,33)20-27(21-29(34,35)36,22-30(37,38)39)23-54-19-26(47)42(17-24(45)40-1-5-48-9-13-52-15-11-50-7-3-43)18-25(46)41-2-6-49-10-14-53-16-12-51-8-4-44/h43-44H,1-23H2,(H,40,45)(H,41,46). The maximum atomic E-state index is 13.2. The minimum atomic E-state index is -5.47. The van der Waals surface area contributed by atoms with Crippen molar-refractivity contribution >= 4 is 17.7 Å². The summed E-state index contributed by atoms with van der Waals surface area (Å²) >= 11 is 0. The number of amides is 3. The van der Waals surface area contributed by atoms with Gasteiger partial charge in [0.1, 0.15) is 19.7 Å². The highest BCUT2D eigenvalue weighted by Crippen LogP contribution is 2.48. The van der Waals surface area contributed by atoms with Gasteiger partial charge in [-0.05, 0) is 0 Å². The van der Waals surface area contributed by atoms with Crippen LogP contribution in [-0.2, 0) is 47.5 Å². The van der Waals surface area contributed by atoms with Gasteiger partial charge in [0.2, 0.25) is 17.7 Å². The van der Waals surface area contributed by atoms with Crippen molar-refractivity contribution in [3.05, 3.63) is 0 Å². The molecule has 0 aliphatic rings. The number of ether oxygens (including phenoxy) is 7. The second kappa shape index (κ2) is 28.8. The molecule has 0 spiro atoms. The molecule has 0 unspecified atom stereocenters. The van der Waals surface area contributed by atoms with E-state index < -0.39 is 87.2 Å². The Balaban J connectivity index is 5.26. The molecule has 0 rings (SSSR count). The summed E-state index contributed by atoms with van der Waals surface area (Å²) in [6.45, 7) is -3.54. The molecule has 0 aliphatic carbocycles. The Hall–Kier alpha value is -2.58. The summed E-state index contributed by atoms with van der Waals surface area (Å²) in [4.78, 5) is 38.6. The molecule has 24 heteroatoms. The topological polar surface area (TPSA) is 184 Å². The van der Waals surface area contributed by atoms with Gasteiger partial charge in [-0.3, -0.25) is 14.4 Å². The molecule has 0 radical (unpaired) electrons. The fourth-order valence-electron chi connectivity index (χ4n) is 4.49. The van der Waals surface area contributed by atoms with Crippen LogP contribution in [-0.4, -0.2) is 183 Å². The van der Waals surface area contributed by atoms with Gasteiger partial charge in [0.25, 0.3) is 0 Å². The Morgan fingerprint density at radius 3 is 1.11 bits per heavy atom. The second-order valence-electron chi connectivity index (χ2n) is 11.4. The van der Waals surface area contributed by atoms with E-state index in [1.54, 1.807) is 0 Å². The summed E-state index contributed by atoms with van der Waals surface area (Å²) < 4.78 is 155. The largest absolute Gasteiger partial charge is 0.394 e. The lowest BCUT2D eigenvalue weighted by Gasteiger charge is -2.35. The number of carbonyl (C=O) groups is 3. The van der Waals surface area contributed by atoms with Crippen LogP contribution in [0.2, 0.25) is 0 Å². The number of carbonyl (C=O) groups excluding carboxylic acids is 3. The third-order valence-electron chi connectivity index (χ3n) is 6.48. The maximum absolute atomic E-state index is 13.2. The lowest BCUT2D eigenvalue weighted by molar-refractivity contribution is -0.235. The van der Waals surface area contributed by atoms with Crippen molar-refractivity contribution in [2.24, 2.45) is 5.41 Å². The molecule has 320 valence electrons. The average Bonchev–Trinajstić information content (AvgIpc) is 3.03. The Labute approximate surface area is 306 Å². The van der Waals surface area contributed by atoms with E-state index in [1.807, 2.05) is 0 Å². The number of halogens is 9. The minimum absolute atomic E-state index is 0.0319. The molecule has 0 atom stereocenters. The monoisotopic (exact) mass is 815 g/mol. The molecule has 0 bridgehead atoms. The van der Waals surface area contributed by atoms with E-state index >= 15 is 0 Å². The van der Waals surface area contributed by atoms with Crippen LogP contribution in [0.25, 0.3) is 0 Å². The highest BCUT2D eigenvalue weighted by atomic mass is 19.4. The van der Waals surface area contributed by atoms with E-state index in [9.17, 15) is 53.9 Å². The number of aliphatic hydroxyl groups excluding tert-OH is 2. The van der Waals surface area contributed by atoms with Crippen LogP contribution < -0.4 is 10.6 Å². The minimum Gasteiger partial charge on any atom is -0.394 e. The molecule has 0 saturated heterocycles. The van der Waals surface area contributed by atoms with Gasteiger partial charge in [-0.15, -0.1) is 0 Å². The van der Waals surface area contributed by atoms with E-state index in [0.717, 1.165) is 0 Å². The molecule has 0 aromatic rings. The Morgan fingerprint density at radius 2 is 0.796 bits per heavy atom. The summed E-state index contributed by atoms with van der Waals surface area (Å²) in [6, 6.07) is 0. The van der Waals surface area contributed by atoms with Crippen LogP contribution in [0.3, 0.4) is 0 Å². The van der Waals surface area contributed by atoms with Gasteiger partial charge in [0.15, 0.2) is 0 Å². The van der Waals surface area contributed by atoms with Crippen molar-refractivity contribution in [2.45, 2.75) is 37.8 Å². The molecule has 4 N–H and O–H groups in total. The predicted molar refractivity (Wildman–Crippen MR) is 167 cm³/mol. The maximum Gasteiger partial charge on any atom is 0.389 e. The van der Waals surface area contributed by atoms with E-state index in [-0.39, 0.29) is 106 Å². The van der Waals surface area contributed by atoms with E-state index in [2.05, 4.69) is 10.6 Å². The number of aliphatic hydroxyl groups is 2. The normalized spacial score (nSPS) is 12.6. The highest BCUT2D eigenvalue weighted by Gasteiger charge is 2.54. The van der Waals surface area contributed by atoms with Gasteiger partial charge in [0.05, 0.1) is 118 Å². The van der Waals surface area contributed by atoms with Crippen LogP contribution in [0.1, 0.15) is 19.3 Å². The number of hydrogen-bond acceptors (Lipinski definition) is 12. The van der Waals surface area contributed by atoms with Crippen molar-refractivity contribution in [3.8, 4) is 0 Å². The smallest absolute Gasteiger partial charge is 0.389 e. The second-order valence-corrected chi connectivity index (χ2v) is 11.4. The lowest BCUT2D eigenvalue weighted by Crippen LogP contribution is -2.48. The van der Waals surface area contributed by atoms with E-state index in [1.165, 1.54) is 0 Å². The van der Waals surface area contributed by atoms with E-state index in [0.29, 0.717) is 4.90 Å². The molecule has 3 amide bonds. The Kier molecular flexibility index (Phi) is 27.4. The third kappa shape index (κ3) is 31.7. The first-order valence-electron chi connectivity index (χ1n) is 16.6. The fourth-order valence-corrected chi connectivity index (χ4v) is 4.49. The number of nitrogens with zero attached hydrogens (tertiary/aromatic N) is 1. The first-order valence-corrected chi connectivity index (χ1v) is 16.6. The quantitative estimate of drug-likeness (QED) is 0.0546. The molecule has 0 aliphatic heterocycles. The molecular weight excluding hydrogens is 765 g/mol. The average molecular weight is 816 g/mol. The summed E-state index contributed by atoms with van der Waals surface area (Å²) in [7, 11) is 0. The van der Waals surface area contributed by atoms with Crippen LogP contribution >= 0.6 is 0 Å². The van der Waals surface area contributed by atoms with Gasteiger partial charge >= 0.3 is 18.5 Å². The summed E-state index contributed by atoms with van der Waals surface area (Å²) in [5.74, 6) is -3.04. The fraction of sp³-hybridized carbons (Fsp3) is 0.900. The van der Waals surface area contributed by atoms with Gasteiger partial charge in [0, 0.05) is 18.5 Å². The number of hydrogen-bond donors (Lipinski definition) is 4. The summed E-state index contributed by atoms with van der Waals surface area (Å²) in [5, 5.41) is 22.0. The Morgan fingerprint density at radius 1 is 0.481 bits per heavy atom. The van der Waals surface area contributed by atoms with Gasteiger partial charge < -0.3 is 58.9 Å². The summed E-state index contributed by atoms with van der Waals surface area (Å²) in [5.41, 5.74) is -3.56. The third-order valence-corrected chi connectivity index (χ3v) is 6.48. The van der Waals surface area contributed by atoms with Crippen molar-refractivity contribution in [3.63, 3.8) is 0 Å². The van der Waals surface area contributed by atoms with Crippen LogP contribution in [0.5, 0.6) is 0 Å². The first-order chi connectivity index (χ1) is 25.3. The highest BCUT2D eigenvalue weighted by molar-refractivity contribution is 5.89. The lowest BCUT2D eigenvalue weighted by atomic mass is 9.78. The van der Waals surface area contributed by atoms with Crippen LogP contribution in [0, 0.1) is 5.41 Å².